The number of nitrogens with zero attached hydrogens (tertiary/aromatic N) is 3. The third-order valence-electron chi connectivity index (χ3n) is 4.40. The summed E-state index contributed by atoms with van der Waals surface area (Å²) < 4.78 is 0. The minimum atomic E-state index is -0.186. The molecule has 1 heterocycles. The van der Waals surface area contributed by atoms with Gasteiger partial charge in [-0.15, -0.1) is 0 Å². The van der Waals surface area contributed by atoms with Crippen LogP contribution in [0, 0.1) is 0 Å². The summed E-state index contributed by atoms with van der Waals surface area (Å²) in [4.78, 5) is 22.7. The molecule has 1 aromatic carbocycles. The van der Waals surface area contributed by atoms with Crippen molar-refractivity contribution in [2.45, 2.75) is 45.6 Å². The van der Waals surface area contributed by atoms with Gasteiger partial charge in [0.1, 0.15) is 5.84 Å². The molecule has 0 fully saturated rings. The van der Waals surface area contributed by atoms with E-state index < -0.39 is 0 Å². The van der Waals surface area contributed by atoms with E-state index in [0.29, 0.717) is 38.8 Å². The number of benzene rings is 1. The first-order chi connectivity index (χ1) is 12.4. The first-order valence-corrected chi connectivity index (χ1v) is 9.39. The number of halogens is 2. The van der Waals surface area contributed by atoms with Gasteiger partial charge in [0.15, 0.2) is 5.75 Å². The van der Waals surface area contributed by atoms with Crippen molar-refractivity contribution < 1.29 is 9.90 Å². The molecule has 0 bridgehead atoms. The molecular weight excluding hydrogens is 375 g/mol. The van der Waals surface area contributed by atoms with Crippen LogP contribution in [0.4, 0.5) is 5.69 Å². The number of nitrogens with two attached hydrogens (primary N) is 1. The molecule has 0 aliphatic carbocycles. The van der Waals surface area contributed by atoms with Gasteiger partial charge in [0.05, 0.1) is 15.7 Å². The van der Waals surface area contributed by atoms with E-state index in [-0.39, 0.29) is 27.4 Å². The Hall–Kier alpha value is -1.79. The Balaban J connectivity index is 2.00. The van der Waals surface area contributed by atoms with Crippen LogP contribution in [0.2, 0.25) is 10.0 Å². The van der Waals surface area contributed by atoms with Crippen molar-refractivity contribution in [3.05, 3.63) is 21.2 Å². The van der Waals surface area contributed by atoms with Crippen LogP contribution in [0.5, 0.6) is 5.75 Å². The normalized spacial score (nSPS) is 14.8. The van der Waals surface area contributed by atoms with E-state index in [0.717, 1.165) is 23.4 Å². The zero-order valence-corrected chi connectivity index (χ0v) is 16.6. The summed E-state index contributed by atoms with van der Waals surface area (Å²) in [5.74, 6) is 0.611. The van der Waals surface area contributed by atoms with E-state index >= 15 is 0 Å². The maximum absolute atomic E-state index is 12.5. The number of amides is 1. The number of aliphatic imine (C=N–C) groups is 2. The molecular formula is C18H24Cl2N4O2. The van der Waals surface area contributed by atoms with Crippen LogP contribution in [-0.4, -0.2) is 41.6 Å². The number of phenolic OH excluding ortho intramolecular Hbond substituents is 1. The van der Waals surface area contributed by atoms with Gasteiger partial charge in [0.2, 0.25) is 5.91 Å². The topological polar surface area (TPSA) is 91.3 Å². The molecule has 0 unspecified atom stereocenters. The van der Waals surface area contributed by atoms with Gasteiger partial charge in [0, 0.05) is 39.2 Å². The number of phenols is 1. The van der Waals surface area contributed by atoms with Crippen molar-refractivity contribution in [2.75, 3.05) is 19.3 Å². The number of amidine groups is 1. The van der Waals surface area contributed by atoms with E-state index in [4.69, 9.17) is 28.9 Å². The second-order valence-electron chi connectivity index (χ2n) is 6.13. The van der Waals surface area contributed by atoms with Crippen molar-refractivity contribution in [3.8, 4) is 5.75 Å². The predicted octanol–water partition coefficient (Wildman–Crippen LogP) is 3.85. The molecule has 8 heteroatoms. The van der Waals surface area contributed by atoms with Gasteiger partial charge in [0.25, 0.3) is 0 Å². The maximum atomic E-state index is 12.5. The van der Waals surface area contributed by atoms with Crippen LogP contribution < -0.4 is 5.73 Å². The van der Waals surface area contributed by atoms with Crippen molar-refractivity contribution >= 4 is 46.8 Å². The SMILES string of the molecule is CCC=NC(CCCC(=O)N1CCc2c(Cl)c(O)c(N)c(Cl)c2C1)=NC. The van der Waals surface area contributed by atoms with Gasteiger partial charge in [-0.3, -0.25) is 9.79 Å². The highest BCUT2D eigenvalue weighted by Crippen LogP contribution is 2.43. The minimum absolute atomic E-state index is 0.0457. The van der Waals surface area contributed by atoms with Crippen LogP contribution in [0.3, 0.4) is 0 Å². The minimum Gasteiger partial charge on any atom is -0.504 e. The Morgan fingerprint density at radius 2 is 2.04 bits per heavy atom. The molecule has 1 aromatic rings. The Morgan fingerprint density at radius 3 is 2.69 bits per heavy atom. The second-order valence-corrected chi connectivity index (χ2v) is 6.88. The lowest BCUT2D eigenvalue weighted by Gasteiger charge is -2.31. The van der Waals surface area contributed by atoms with Crippen molar-refractivity contribution in [1.29, 1.82) is 0 Å². The van der Waals surface area contributed by atoms with Crippen LogP contribution in [-0.2, 0) is 17.8 Å². The summed E-state index contributed by atoms with van der Waals surface area (Å²) in [6.07, 6.45) is 4.97. The molecule has 26 heavy (non-hydrogen) atoms. The van der Waals surface area contributed by atoms with Gasteiger partial charge in [-0.2, -0.15) is 0 Å². The number of nitrogen functional groups attached to an aromatic ring is 1. The number of fused-ring (bicyclic) bond motifs is 1. The van der Waals surface area contributed by atoms with E-state index in [1.165, 1.54) is 0 Å². The number of carbonyl (C=O) groups is 1. The lowest BCUT2D eigenvalue weighted by molar-refractivity contribution is -0.132. The highest BCUT2D eigenvalue weighted by atomic mass is 35.5. The molecule has 1 aliphatic heterocycles. The summed E-state index contributed by atoms with van der Waals surface area (Å²) in [6.45, 7) is 2.90. The average molecular weight is 399 g/mol. The number of hydrogen-bond donors (Lipinski definition) is 2. The summed E-state index contributed by atoms with van der Waals surface area (Å²) in [5.41, 5.74) is 7.34. The Morgan fingerprint density at radius 1 is 1.31 bits per heavy atom. The highest BCUT2D eigenvalue weighted by Gasteiger charge is 2.27. The molecule has 3 N–H and O–H groups in total. The number of rotatable bonds is 5. The average Bonchev–Trinajstić information content (AvgIpc) is 2.66. The lowest BCUT2D eigenvalue weighted by Crippen LogP contribution is -2.36. The fraction of sp³-hybridized carbons (Fsp3) is 0.500. The van der Waals surface area contributed by atoms with Crippen LogP contribution in [0.25, 0.3) is 0 Å². The Bertz CT molecular complexity index is 747. The van der Waals surface area contributed by atoms with E-state index in [1.807, 2.05) is 13.1 Å². The lowest BCUT2D eigenvalue weighted by atomic mass is 9.97. The number of anilines is 1. The summed E-state index contributed by atoms with van der Waals surface area (Å²) >= 11 is 12.4. The van der Waals surface area contributed by atoms with Gasteiger partial charge >= 0.3 is 0 Å². The van der Waals surface area contributed by atoms with Crippen LogP contribution in [0.1, 0.15) is 43.7 Å². The zero-order valence-electron chi connectivity index (χ0n) is 15.1. The first-order valence-electron chi connectivity index (χ1n) is 8.63. The number of aromatic hydroxyl groups is 1. The molecule has 0 atom stereocenters. The fourth-order valence-electron chi connectivity index (χ4n) is 2.93. The van der Waals surface area contributed by atoms with Gasteiger partial charge in [-0.1, -0.05) is 30.1 Å². The van der Waals surface area contributed by atoms with Crippen molar-refractivity contribution in [1.82, 2.24) is 4.90 Å². The standard InChI is InChI=1S/C18H24Cl2N4O2/c1-3-8-23-13(22-2)5-4-6-14(25)24-9-7-11-12(10-24)15(19)17(21)18(26)16(11)20/h8,26H,3-7,9-10,21H2,1-2H3. The largest absolute Gasteiger partial charge is 0.504 e. The second kappa shape index (κ2) is 9.24. The van der Waals surface area contributed by atoms with Gasteiger partial charge < -0.3 is 15.7 Å². The molecule has 1 aliphatic rings. The molecule has 0 spiro atoms. The zero-order chi connectivity index (χ0) is 19.3. The van der Waals surface area contributed by atoms with Gasteiger partial charge in [-0.25, -0.2) is 4.99 Å². The highest BCUT2D eigenvalue weighted by molar-refractivity contribution is 6.38. The predicted molar refractivity (Wildman–Crippen MR) is 108 cm³/mol. The van der Waals surface area contributed by atoms with Gasteiger partial charge in [-0.05, 0) is 30.4 Å². The first kappa shape index (κ1) is 20.5. The third-order valence-corrected chi connectivity index (χ3v) is 5.24. The molecule has 0 saturated carbocycles. The molecule has 0 radical (unpaired) electrons. The van der Waals surface area contributed by atoms with Crippen LogP contribution >= 0.6 is 23.2 Å². The van der Waals surface area contributed by atoms with Crippen molar-refractivity contribution in [3.63, 3.8) is 0 Å². The summed E-state index contributed by atoms with van der Waals surface area (Å²) in [6, 6.07) is 0. The smallest absolute Gasteiger partial charge is 0.222 e. The van der Waals surface area contributed by atoms with Crippen LogP contribution in [0.15, 0.2) is 9.98 Å². The molecule has 0 saturated heterocycles. The number of hydrogen-bond acceptors (Lipinski definition) is 4. The van der Waals surface area contributed by atoms with E-state index in [9.17, 15) is 9.90 Å². The molecule has 142 valence electrons. The molecule has 2 rings (SSSR count). The quantitative estimate of drug-likeness (QED) is 0.341. The van der Waals surface area contributed by atoms with E-state index in [1.54, 1.807) is 11.9 Å². The summed E-state index contributed by atoms with van der Waals surface area (Å²) in [7, 11) is 1.71. The number of carbonyl (C=O) groups excluding carboxylic acids is 1. The third kappa shape index (κ3) is 4.48. The molecule has 6 nitrogen and oxygen atoms in total. The van der Waals surface area contributed by atoms with E-state index in [2.05, 4.69) is 9.98 Å². The van der Waals surface area contributed by atoms with Crippen molar-refractivity contribution in [2.24, 2.45) is 9.98 Å². The fourth-order valence-corrected chi connectivity index (χ4v) is 3.51. The molecule has 0 aromatic heterocycles. The maximum Gasteiger partial charge on any atom is 0.222 e. The summed E-state index contributed by atoms with van der Waals surface area (Å²) in [5, 5.41) is 10.4. The Kier molecular flexibility index (Phi) is 7.29. The monoisotopic (exact) mass is 398 g/mol. The Labute approximate surface area is 163 Å². The molecule has 1 amide bonds.